The van der Waals surface area contributed by atoms with Crippen molar-refractivity contribution >= 4 is 92.7 Å². The fourth-order valence-electron chi connectivity index (χ4n) is 16.5. The second-order valence-corrected chi connectivity index (χ2v) is 29.1. The normalized spacial score (nSPS) is 20.7. The number of hydrogen-bond acceptors (Lipinski definition) is 7. The number of carbonyl (C=O) groups is 4. The first-order valence-electron chi connectivity index (χ1n) is 36.6. The van der Waals surface area contributed by atoms with Gasteiger partial charge in [0.25, 0.3) is 0 Å². The lowest BCUT2D eigenvalue weighted by Gasteiger charge is -2.19. The average Bonchev–Trinajstić information content (AvgIpc) is 1.56. The number of H-pyrrole nitrogens is 2. The molecule has 4 amide bonds. The van der Waals surface area contributed by atoms with Crippen LogP contribution in [-0.4, -0.2) is 61.1 Å². The zero-order valence-corrected chi connectivity index (χ0v) is 58.6. The van der Waals surface area contributed by atoms with E-state index in [9.17, 15) is 0 Å². The molecule has 6 aliphatic rings. The zero-order chi connectivity index (χ0) is 70.7. The number of benzene rings is 8. The summed E-state index contributed by atoms with van der Waals surface area (Å²) in [6, 6.07) is 81.2. The van der Waals surface area contributed by atoms with Crippen molar-refractivity contribution in [3.8, 4) is 44.5 Å². The summed E-state index contributed by atoms with van der Waals surface area (Å²) in [6.07, 6.45) is 10.4. The SMILES string of the molecule is C[C@H](c1ccccc1)C1C[C@H]1C(=O)Nc1cccc(NC(=O)[C@H]2CC2[C@@H](C)c2ccccc2)c1-c1c2nc(c(-c3ccccc3)c3ccc([nH]3)c(-c3c(NC(=O)[C@H]4CC4[C@@H](C)c4ccccc4)cccc3NC(=O)[C@@H]3CN3[C@H](C)c3ccccc3)c3nc(c(-c4ccccc4)c4ccc1[nH]4)C=C3)C=C2. The number of rotatable bonds is 20. The monoisotopic (exact) mass is 1360 g/mol. The summed E-state index contributed by atoms with van der Waals surface area (Å²) in [5.41, 5.74) is 18.1. The highest BCUT2D eigenvalue weighted by Crippen LogP contribution is 2.54. The van der Waals surface area contributed by atoms with Gasteiger partial charge in [-0.25, -0.2) is 9.97 Å². The summed E-state index contributed by atoms with van der Waals surface area (Å²) in [4.78, 5) is 81.6. The van der Waals surface area contributed by atoms with Gasteiger partial charge in [-0.3, -0.25) is 24.1 Å². The molecule has 0 spiro atoms. The van der Waals surface area contributed by atoms with Crippen molar-refractivity contribution < 1.29 is 19.2 Å². The Hall–Kier alpha value is -11.8. The third-order valence-corrected chi connectivity index (χ3v) is 22.7. The average molecular weight is 1360 g/mol. The molecule has 4 unspecified atom stereocenters. The van der Waals surface area contributed by atoms with Crippen molar-refractivity contribution in [1.82, 2.24) is 24.8 Å². The number of nitrogens with one attached hydrogen (secondary N) is 6. The number of aromatic amines is 2. The van der Waals surface area contributed by atoms with Crippen LogP contribution in [0.2, 0.25) is 0 Å². The molecular weight excluding hydrogens is 1280 g/mol. The Morgan fingerprint density at radius 1 is 0.337 bits per heavy atom. The van der Waals surface area contributed by atoms with Crippen molar-refractivity contribution in [2.45, 2.75) is 76.8 Å². The summed E-state index contributed by atoms with van der Waals surface area (Å²) in [7, 11) is 0. The number of nitrogens with zero attached hydrogens (tertiary/aromatic N) is 3. The molecule has 0 radical (unpaired) electrons. The van der Waals surface area contributed by atoms with E-state index < -0.39 is 6.04 Å². The highest BCUT2D eigenvalue weighted by atomic mass is 16.2. The second kappa shape index (κ2) is 27.5. The van der Waals surface area contributed by atoms with Gasteiger partial charge in [-0.2, -0.15) is 0 Å². The summed E-state index contributed by atoms with van der Waals surface area (Å²) in [5.74, 6) is -0.146. The minimum Gasteiger partial charge on any atom is -0.354 e. The molecule has 104 heavy (non-hydrogen) atoms. The molecule has 8 aromatic carbocycles. The lowest BCUT2D eigenvalue weighted by atomic mass is 9.94. The van der Waals surface area contributed by atoms with E-state index in [0.717, 1.165) is 58.1 Å². The van der Waals surface area contributed by atoms with Gasteiger partial charge in [0.15, 0.2) is 0 Å². The largest absolute Gasteiger partial charge is 0.354 e. The van der Waals surface area contributed by atoms with Crippen LogP contribution in [0.4, 0.5) is 22.7 Å². The maximum Gasteiger partial charge on any atom is 0.243 e. The van der Waals surface area contributed by atoms with Crippen LogP contribution in [0.25, 0.3) is 90.9 Å². The van der Waals surface area contributed by atoms with Gasteiger partial charge >= 0.3 is 0 Å². The summed E-state index contributed by atoms with van der Waals surface area (Å²) >= 11 is 0. The Morgan fingerprint density at radius 2 is 0.625 bits per heavy atom. The fourth-order valence-corrected chi connectivity index (χ4v) is 16.5. The molecule has 3 aliphatic heterocycles. The first-order valence-corrected chi connectivity index (χ1v) is 36.6. The molecule has 11 aromatic rings. The van der Waals surface area contributed by atoms with Crippen LogP contribution in [0, 0.1) is 35.5 Å². The van der Waals surface area contributed by atoms with Crippen molar-refractivity contribution in [3.63, 3.8) is 0 Å². The van der Waals surface area contributed by atoms with Crippen molar-refractivity contribution in [2.24, 2.45) is 35.5 Å². The van der Waals surface area contributed by atoms with E-state index in [2.05, 4.69) is 197 Å². The van der Waals surface area contributed by atoms with E-state index in [0.29, 0.717) is 85.4 Å². The summed E-state index contributed by atoms with van der Waals surface area (Å²) < 4.78 is 0. The van der Waals surface area contributed by atoms with Crippen LogP contribution in [0.5, 0.6) is 0 Å². The lowest BCUT2D eigenvalue weighted by molar-refractivity contribution is -0.118. The van der Waals surface area contributed by atoms with E-state index in [1.807, 2.05) is 133 Å². The van der Waals surface area contributed by atoms with Gasteiger partial charge in [0, 0.05) is 85.8 Å². The van der Waals surface area contributed by atoms with Crippen LogP contribution in [0.15, 0.2) is 243 Å². The zero-order valence-electron chi connectivity index (χ0n) is 58.6. The van der Waals surface area contributed by atoms with Gasteiger partial charge in [-0.1, -0.05) is 215 Å². The number of aromatic nitrogens is 4. The molecule has 8 bridgehead atoms. The fraction of sp³-hybridized carbons (Fsp3) is 0.209. The molecule has 17 rings (SSSR count). The summed E-state index contributed by atoms with van der Waals surface area (Å²) in [5, 5.41) is 13.8. The Kier molecular flexibility index (Phi) is 17.3. The summed E-state index contributed by atoms with van der Waals surface area (Å²) in [6.45, 7) is 9.34. The molecule has 3 aliphatic carbocycles. The predicted molar refractivity (Wildman–Crippen MR) is 420 cm³/mol. The maximum absolute atomic E-state index is 15.0. The van der Waals surface area contributed by atoms with Crippen molar-refractivity contribution in [1.29, 1.82) is 0 Å². The Morgan fingerprint density at radius 3 is 0.962 bits per heavy atom. The van der Waals surface area contributed by atoms with Crippen LogP contribution < -0.4 is 21.3 Å². The Labute approximate surface area is 605 Å². The van der Waals surface area contributed by atoms with Crippen LogP contribution in [0.1, 0.15) is 116 Å². The maximum atomic E-state index is 15.0. The topological polar surface area (TPSA) is 177 Å². The van der Waals surface area contributed by atoms with Gasteiger partial charge in [0.1, 0.15) is 6.04 Å². The number of hydrogen-bond donors (Lipinski definition) is 6. The van der Waals surface area contributed by atoms with Crippen LogP contribution in [-0.2, 0) is 19.2 Å². The van der Waals surface area contributed by atoms with E-state index in [-0.39, 0.29) is 82.9 Å². The third kappa shape index (κ3) is 12.9. The molecule has 4 fully saturated rings. The first-order chi connectivity index (χ1) is 50.9. The van der Waals surface area contributed by atoms with Crippen molar-refractivity contribution in [3.05, 3.63) is 288 Å². The van der Waals surface area contributed by atoms with Gasteiger partial charge in [-0.05, 0) is 168 Å². The standard InChI is InChI=1S/C91H81N9O4/c1-53(57-25-11-5-12-26-57)63-49-66(63)88(101)96-69-37-23-38-70(97-89(102)67-50-64(67)54(2)58-27-13-6-14-28-58)84(69)86-77-45-41-73(92-77)82(61-33-19-9-20-34-61)75-43-47-79(94-75)87(80-48-44-76(95-80)83(62-35-21-10-22-36-62)74-42-46-78(86)93-74)85-71(98-90(103)68-51-65(68)55(3)59-29-15-7-16-30-59)39-24-40-72(85)99-91(104)81-52-100(81)56(4)60-31-17-8-18-32-60/h5-48,53-56,63-68,81,92,95H,49-52H2,1-4H3,(H,96,101)(H,97,102)(H,98,103)(H,99,104)/t53-,54+,55-,56+,63?,64?,65?,66-,67+,68-,81-,100?/m0/s1. The van der Waals surface area contributed by atoms with E-state index in [1.54, 1.807) is 0 Å². The Balaban J connectivity index is 0.861. The molecule has 3 aromatic heterocycles. The van der Waals surface area contributed by atoms with Gasteiger partial charge in [-0.15, -0.1) is 0 Å². The molecule has 12 atom stereocenters. The van der Waals surface area contributed by atoms with Crippen LogP contribution >= 0.6 is 0 Å². The third-order valence-electron chi connectivity index (χ3n) is 22.7. The van der Waals surface area contributed by atoms with E-state index in [4.69, 9.17) is 9.97 Å². The highest BCUT2D eigenvalue weighted by Gasteiger charge is 2.50. The number of fused-ring (bicyclic) bond motifs is 8. The number of amides is 4. The minimum absolute atomic E-state index is 0.00517. The molecule has 3 saturated carbocycles. The molecule has 514 valence electrons. The van der Waals surface area contributed by atoms with Gasteiger partial charge in [0.05, 0.1) is 45.5 Å². The van der Waals surface area contributed by atoms with Gasteiger partial charge in [0.2, 0.25) is 23.6 Å². The van der Waals surface area contributed by atoms with E-state index in [1.165, 1.54) is 16.7 Å². The molecule has 1 saturated heterocycles. The quantitative estimate of drug-likeness (QED) is 0.0411. The predicted octanol–water partition coefficient (Wildman–Crippen LogP) is 19.8. The number of anilines is 4. The number of carbonyl (C=O) groups excluding carboxylic acids is 4. The van der Waals surface area contributed by atoms with Gasteiger partial charge < -0.3 is 31.2 Å². The minimum atomic E-state index is -0.394. The first kappa shape index (κ1) is 65.5. The molecule has 6 heterocycles. The molecular formula is C91H81N9O4. The Bertz CT molecular complexity index is 4870. The van der Waals surface area contributed by atoms with Crippen LogP contribution in [0.3, 0.4) is 0 Å². The highest BCUT2D eigenvalue weighted by molar-refractivity contribution is 6.12. The second-order valence-electron chi connectivity index (χ2n) is 29.1. The smallest absolute Gasteiger partial charge is 0.243 e. The van der Waals surface area contributed by atoms with Crippen molar-refractivity contribution in [2.75, 3.05) is 27.8 Å². The lowest BCUT2D eigenvalue weighted by Crippen LogP contribution is -2.23. The molecule has 13 heteroatoms. The van der Waals surface area contributed by atoms with E-state index >= 15 is 19.2 Å². The molecule has 6 N–H and O–H groups in total. The molecule has 13 nitrogen and oxygen atoms in total.